The minimum absolute atomic E-state index is 0.348. The third kappa shape index (κ3) is 4.92. The van der Waals surface area contributed by atoms with Crippen LogP contribution in [-0.2, 0) is 15.8 Å². The summed E-state index contributed by atoms with van der Waals surface area (Å²) in [7, 11) is -3.28. The Hall–Kier alpha value is -1.53. The van der Waals surface area contributed by atoms with Crippen LogP contribution in [0.15, 0.2) is 53.6 Å². The molecule has 1 heterocycles. The summed E-state index contributed by atoms with van der Waals surface area (Å²) in [6.07, 6.45) is 1.11. The molecule has 1 N–H and O–H groups in total. The van der Waals surface area contributed by atoms with Crippen molar-refractivity contribution in [1.82, 2.24) is 4.98 Å². The zero-order valence-electron chi connectivity index (χ0n) is 10.4. The van der Waals surface area contributed by atoms with Crippen molar-refractivity contribution in [3.05, 3.63) is 54.1 Å². The molecule has 100 valence electrons. The van der Waals surface area contributed by atoms with Crippen LogP contribution < -0.4 is 4.72 Å². The Morgan fingerprint density at radius 1 is 1.11 bits per heavy atom. The van der Waals surface area contributed by atoms with Gasteiger partial charge in [-0.15, -0.1) is 11.8 Å². The van der Waals surface area contributed by atoms with Crippen LogP contribution in [0.1, 0.15) is 5.56 Å². The third-order valence-corrected chi connectivity index (χ3v) is 3.82. The second kappa shape index (κ2) is 6.08. The molecule has 0 spiro atoms. The Bertz CT molecular complexity index is 643. The van der Waals surface area contributed by atoms with Crippen molar-refractivity contribution in [2.24, 2.45) is 0 Å². The number of nitrogens with zero attached hydrogens (tertiary/aromatic N) is 1. The number of aromatic nitrogens is 1. The molecule has 0 amide bonds. The topological polar surface area (TPSA) is 59.1 Å². The van der Waals surface area contributed by atoms with E-state index in [1.54, 1.807) is 23.9 Å². The molecule has 0 aliphatic carbocycles. The lowest BCUT2D eigenvalue weighted by Crippen LogP contribution is -2.10. The molecule has 19 heavy (non-hydrogen) atoms. The van der Waals surface area contributed by atoms with Gasteiger partial charge in [-0.2, -0.15) is 0 Å². The van der Waals surface area contributed by atoms with E-state index in [0.29, 0.717) is 5.82 Å². The fourth-order valence-corrected chi connectivity index (χ4v) is 2.81. The molecule has 2 aromatic rings. The molecule has 1 aromatic carbocycles. The molecule has 0 aliphatic heterocycles. The lowest BCUT2D eigenvalue weighted by Gasteiger charge is -2.05. The maximum atomic E-state index is 11.1. The molecule has 0 aliphatic rings. The Kier molecular flexibility index (Phi) is 4.44. The van der Waals surface area contributed by atoms with Crippen molar-refractivity contribution in [2.45, 2.75) is 10.8 Å². The SMILES string of the molecule is CS(=O)(=O)Nc1cccc(SCc2ccccc2)n1. The van der Waals surface area contributed by atoms with Crippen LogP contribution in [0.3, 0.4) is 0 Å². The molecule has 0 unspecified atom stereocenters. The van der Waals surface area contributed by atoms with Crippen LogP contribution in [0, 0.1) is 0 Å². The van der Waals surface area contributed by atoms with E-state index in [-0.39, 0.29) is 0 Å². The van der Waals surface area contributed by atoms with Crippen LogP contribution >= 0.6 is 11.8 Å². The van der Waals surface area contributed by atoms with Crippen LogP contribution in [0.5, 0.6) is 0 Å². The molecule has 0 radical (unpaired) electrons. The molecule has 0 atom stereocenters. The van der Waals surface area contributed by atoms with Crippen molar-refractivity contribution in [2.75, 3.05) is 11.0 Å². The molecule has 4 nitrogen and oxygen atoms in total. The predicted molar refractivity (Wildman–Crippen MR) is 78.7 cm³/mol. The minimum Gasteiger partial charge on any atom is -0.268 e. The van der Waals surface area contributed by atoms with Gasteiger partial charge in [0.05, 0.1) is 11.3 Å². The van der Waals surface area contributed by atoms with Crippen LogP contribution in [0.2, 0.25) is 0 Å². The van der Waals surface area contributed by atoms with Crippen molar-refractivity contribution in [3.63, 3.8) is 0 Å². The molecule has 0 fully saturated rings. The average molecular weight is 294 g/mol. The van der Waals surface area contributed by atoms with Gasteiger partial charge in [0, 0.05) is 5.75 Å². The summed E-state index contributed by atoms with van der Waals surface area (Å²) < 4.78 is 24.6. The van der Waals surface area contributed by atoms with Gasteiger partial charge < -0.3 is 0 Å². The number of pyridine rings is 1. The van der Waals surface area contributed by atoms with Crippen molar-refractivity contribution >= 4 is 27.6 Å². The number of benzene rings is 1. The lowest BCUT2D eigenvalue weighted by atomic mass is 10.2. The maximum Gasteiger partial charge on any atom is 0.230 e. The van der Waals surface area contributed by atoms with Gasteiger partial charge in [-0.3, -0.25) is 4.72 Å². The van der Waals surface area contributed by atoms with Gasteiger partial charge in [0.1, 0.15) is 5.82 Å². The number of thioether (sulfide) groups is 1. The highest BCUT2D eigenvalue weighted by molar-refractivity contribution is 7.98. The highest BCUT2D eigenvalue weighted by Gasteiger charge is 2.04. The zero-order chi connectivity index (χ0) is 13.7. The fraction of sp³-hybridized carbons (Fsp3) is 0.154. The summed E-state index contributed by atoms with van der Waals surface area (Å²) in [6, 6.07) is 15.3. The molecule has 1 aromatic heterocycles. The maximum absolute atomic E-state index is 11.1. The first-order valence-electron chi connectivity index (χ1n) is 5.64. The summed E-state index contributed by atoms with van der Waals surface area (Å²) in [4.78, 5) is 4.25. The molecule has 6 heteroatoms. The highest BCUT2D eigenvalue weighted by Crippen LogP contribution is 2.22. The van der Waals surface area contributed by atoms with Crippen molar-refractivity contribution < 1.29 is 8.42 Å². The van der Waals surface area contributed by atoms with E-state index >= 15 is 0 Å². The standard InChI is InChI=1S/C13H14N2O2S2/c1-19(16,17)15-12-8-5-9-13(14-12)18-10-11-6-3-2-4-7-11/h2-9H,10H2,1H3,(H,14,15). The van der Waals surface area contributed by atoms with Gasteiger partial charge in [-0.1, -0.05) is 36.4 Å². The lowest BCUT2D eigenvalue weighted by molar-refractivity contribution is 0.606. The molecular formula is C13H14N2O2S2. The van der Waals surface area contributed by atoms with E-state index in [1.165, 1.54) is 5.56 Å². The second-order valence-corrected chi connectivity index (χ2v) is 6.75. The first kappa shape index (κ1) is 13.9. The first-order valence-corrected chi connectivity index (χ1v) is 8.52. The molecule has 2 rings (SSSR count). The predicted octanol–water partition coefficient (Wildman–Crippen LogP) is 2.75. The Morgan fingerprint density at radius 2 is 1.84 bits per heavy atom. The number of rotatable bonds is 5. The molecular weight excluding hydrogens is 280 g/mol. The number of nitrogens with one attached hydrogen (secondary N) is 1. The fourth-order valence-electron chi connectivity index (χ4n) is 1.47. The van der Waals surface area contributed by atoms with Crippen LogP contribution in [-0.4, -0.2) is 19.7 Å². The zero-order valence-corrected chi connectivity index (χ0v) is 12.0. The monoisotopic (exact) mass is 294 g/mol. The summed E-state index contributed by atoms with van der Waals surface area (Å²) in [6.45, 7) is 0. The van der Waals surface area contributed by atoms with E-state index in [2.05, 4.69) is 9.71 Å². The Balaban J connectivity index is 2.03. The van der Waals surface area contributed by atoms with Gasteiger partial charge in [0.2, 0.25) is 10.0 Å². The van der Waals surface area contributed by atoms with Crippen LogP contribution in [0.4, 0.5) is 5.82 Å². The van der Waals surface area contributed by atoms with Gasteiger partial charge in [0.25, 0.3) is 0 Å². The second-order valence-electron chi connectivity index (χ2n) is 4.01. The third-order valence-electron chi connectivity index (χ3n) is 2.24. The van der Waals surface area contributed by atoms with Crippen molar-refractivity contribution in [3.8, 4) is 0 Å². The number of anilines is 1. The van der Waals surface area contributed by atoms with E-state index in [9.17, 15) is 8.42 Å². The van der Waals surface area contributed by atoms with E-state index < -0.39 is 10.0 Å². The molecule has 0 saturated heterocycles. The minimum atomic E-state index is -3.28. The highest BCUT2D eigenvalue weighted by atomic mass is 32.2. The Morgan fingerprint density at radius 3 is 2.53 bits per heavy atom. The average Bonchev–Trinajstić information content (AvgIpc) is 2.36. The molecule has 0 saturated carbocycles. The van der Waals surface area contributed by atoms with Gasteiger partial charge in [-0.25, -0.2) is 13.4 Å². The number of sulfonamides is 1. The smallest absolute Gasteiger partial charge is 0.230 e. The Labute approximate surface area is 117 Å². The van der Waals surface area contributed by atoms with Gasteiger partial charge >= 0.3 is 0 Å². The van der Waals surface area contributed by atoms with Gasteiger partial charge in [0.15, 0.2) is 0 Å². The van der Waals surface area contributed by atoms with E-state index in [1.807, 2.05) is 36.4 Å². The quantitative estimate of drug-likeness (QED) is 0.861. The van der Waals surface area contributed by atoms with E-state index in [4.69, 9.17) is 0 Å². The summed E-state index contributed by atoms with van der Waals surface area (Å²) in [5, 5.41) is 0.789. The summed E-state index contributed by atoms with van der Waals surface area (Å²) in [5.41, 5.74) is 1.20. The van der Waals surface area contributed by atoms with Crippen LogP contribution in [0.25, 0.3) is 0 Å². The van der Waals surface area contributed by atoms with Crippen molar-refractivity contribution in [1.29, 1.82) is 0 Å². The first-order chi connectivity index (χ1) is 9.03. The molecule has 0 bridgehead atoms. The number of hydrogen-bond acceptors (Lipinski definition) is 4. The largest absolute Gasteiger partial charge is 0.268 e. The van der Waals surface area contributed by atoms with Gasteiger partial charge in [-0.05, 0) is 17.7 Å². The van der Waals surface area contributed by atoms with E-state index in [0.717, 1.165) is 17.0 Å². The summed E-state index contributed by atoms with van der Waals surface area (Å²) >= 11 is 1.57. The normalized spacial score (nSPS) is 11.2. The number of hydrogen-bond donors (Lipinski definition) is 1. The summed E-state index contributed by atoms with van der Waals surface area (Å²) in [5.74, 6) is 1.15.